The predicted octanol–water partition coefficient (Wildman–Crippen LogP) is 8.86. The molecule has 0 aliphatic heterocycles. The molecule has 0 bridgehead atoms. The van der Waals surface area contributed by atoms with Crippen molar-refractivity contribution in [1.82, 2.24) is 19.9 Å². The van der Waals surface area contributed by atoms with Crippen LogP contribution in [0.15, 0.2) is 121 Å². The summed E-state index contributed by atoms with van der Waals surface area (Å²) >= 11 is 0. The maximum absolute atomic E-state index is 5.13. The zero-order valence-corrected chi connectivity index (χ0v) is 22.3. The van der Waals surface area contributed by atoms with Crippen molar-refractivity contribution in [3.8, 4) is 45.2 Å². The van der Waals surface area contributed by atoms with Crippen LogP contribution >= 0.6 is 0 Å². The predicted molar refractivity (Wildman–Crippen MR) is 164 cm³/mol. The fourth-order valence-electron chi connectivity index (χ4n) is 5.25. The SMILES string of the molecule is Cc1cc(C)c2ccc3ccc(-c4cc(-c5ccc(-c6ccccc6)cc5)nc(-c5ccccc5)n4)nc3c2n1. The number of pyridine rings is 2. The first-order valence-electron chi connectivity index (χ1n) is 13.4. The van der Waals surface area contributed by atoms with E-state index < -0.39 is 0 Å². The van der Waals surface area contributed by atoms with Gasteiger partial charge in [-0.3, -0.25) is 4.98 Å². The van der Waals surface area contributed by atoms with Crippen molar-refractivity contribution in [2.24, 2.45) is 0 Å². The number of benzene rings is 4. The summed E-state index contributed by atoms with van der Waals surface area (Å²) in [4.78, 5) is 20.0. The van der Waals surface area contributed by atoms with Gasteiger partial charge in [-0.25, -0.2) is 15.0 Å². The van der Waals surface area contributed by atoms with Crippen molar-refractivity contribution in [2.75, 3.05) is 0 Å². The highest BCUT2D eigenvalue weighted by atomic mass is 14.9. The highest BCUT2D eigenvalue weighted by molar-refractivity contribution is 6.04. The standard InChI is InChI=1S/C36H26N4/c1-23-21-24(2)37-35-30(23)19-17-28-18-20-31(38-34(28)35)33-22-32(39-36(40-33)29-11-7-4-8-12-29)27-15-13-26(14-16-27)25-9-5-3-6-10-25/h3-22H,1-2H3. The second-order valence-electron chi connectivity index (χ2n) is 10.1. The van der Waals surface area contributed by atoms with E-state index in [4.69, 9.17) is 19.9 Å². The number of aromatic nitrogens is 4. The van der Waals surface area contributed by atoms with E-state index in [0.29, 0.717) is 5.82 Å². The van der Waals surface area contributed by atoms with Gasteiger partial charge in [0, 0.05) is 27.6 Å². The smallest absolute Gasteiger partial charge is 0.160 e. The van der Waals surface area contributed by atoms with Gasteiger partial charge in [0.15, 0.2) is 5.82 Å². The maximum Gasteiger partial charge on any atom is 0.160 e. The van der Waals surface area contributed by atoms with Crippen LogP contribution in [-0.4, -0.2) is 19.9 Å². The third-order valence-electron chi connectivity index (χ3n) is 7.28. The summed E-state index contributed by atoms with van der Waals surface area (Å²) in [7, 11) is 0. The van der Waals surface area contributed by atoms with Crippen LogP contribution in [0.4, 0.5) is 0 Å². The molecule has 190 valence electrons. The Hall–Kier alpha value is -5.22. The van der Waals surface area contributed by atoms with Gasteiger partial charge in [-0.1, -0.05) is 103 Å². The Morgan fingerprint density at radius 2 is 1.05 bits per heavy atom. The summed E-state index contributed by atoms with van der Waals surface area (Å²) in [5.41, 5.74) is 10.8. The van der Waals surface area contributed by atoms with E-state index in [1.165, 1.54) is 16.7 Å². The van der Waals surface area contributed by atoms with E-state index >= 15 is 0 Å². The van der Waals surface area contributed by atoms with Crippen LogP contribution < -0.4 is 0 Å². The fourth-order valence-corrected chi connectivity index (χ4v) is 5.25. The van der Waals surface area contributed by atoms with Gasteiger partial charge >= 0.3 is 0 Å². The Bertz CT molecular complexity index is 2000. The number of aryl methyl sites for hydroxylation is 2. The quantitative estimate of drug-likeness (QED) is 0.220. The Morgan fingerprint density at radius 3 is 1.80 bits per heavy atom. The molecule has 0 saturated heterocycles. The van der Waals surface area contributed by atoms with Gasteiger partial charge in [-0.05, 0) is 48.7 Å². The zero-order chi connectivity index (χ0) is 27.1. The van der Waals surface area contributed by atoms with Gasteiger partial charge in [-0.2, -0.15) is 0 Å². The number of nitrogens with zero attached hydrogens (tertiary/aromatic N) is 4. The first kappa shape index (κ1) is 23.9. The van der Waals surface area contributed by atoms with Gasteiger partial charge in [0.2, 0.25) is 0 Å². The van der Waals surface area contributed by atoms with Gasteiger partial charge < -0.3 is 0 Å². The van der Waals surface area contributed by atoms with E-state index in [1.54, 1.807) is 0 Å². The van der Waals surface area contributed by atoms with Crippen LogP contribution in [0.25, 0.3) is 67.0 Å². The summed E-state index contributed by atoms with van der Waals surface area (Å²) in [5, 5.41) is 2.18. The fraction of sp³-hybridized carbons (Fsp3) is 0.0556. The summed E-state index contributed by atoms with van der Waals surface area (Å²) < 4.78 is 0. The molecule has 4 aromatic carbocycles. The lowest BCUT2D eigenvalue weighted by atomic mass is 10.0. The Labute approximate surface area is 233 Å². The molecule has 0 saturated carbocycles. The minimum atomic E-state index is 0.671. The highest BCUT2D eigenvalue weighted by Crippen LogP contribution is 2.31. The molecule has 4 nitrogen and oxygen atoms in total. The molecule has 0 aliphatic rings. The number of hydrogen-bond acceptors (Lipinski definition) is 4. The topological polar surface area (TPSA) is 51.6 Å². The molecule has 7 rings (SSSR count). The average Bonchev–Trinajstić information content (AvgIpc) is 3.01. The second kappa shape index (κ2) is 9.83. The van der Waals surface area contributed by atoms with Gasteiger partial charge in [0.05, 0.1) is 28.1 Å². The summed E-state index contributed by atoms with van der Waals surface area (Å²) in [6.07, 6.45) is 0. The molecular weight excluding hydrogens is 488 g/mol. The monoisotopic (exact) mass is 514 g/mol. The van der Waals surface area contributed by atoms with Crippen molar-refractivity contribution in [3.05, 3.63) is 133 Å². The van der Waals surface area contributed by atoms with Crippen LogP contribution in [0.3, 0.4) is 0 Å². The van der Waals surface area contributed by atoms with E-state index in [9.17, 15) is 0 Å². The minimum Gasteiger partial charge on any atom is -0.251 e. The summed E-state index contributed by atoms with van der Waals surface area (Å²) in [6, 6.07) is 41.6. The molecule has 0 amide bonds. The molecule has 0 unspecified atom stereocenters. The first-order valence-corrected chi connectivity index (χ1v) is 13.4. The van der Waals surface area contributed by atoms with Crippen molar-refractivity contribution in [2.45, 2.75) is 13.8 Å². The zero-order valence-electron chi connectivity index (χ0n) is 22.3. The lowest BCUT2D eigenvalue weighted by Gasteiger charge is -2.11. The van der Waals surface area contributed by atoms with E-state index in [0.717, 1.165) is 55.7 Å². The van der Waals surface area contributed by atoms with Crippen LogP contribution in [0, 0.1) is 13.8 Å². The minimum absolute atomic E-state index is 0.671. The van der Waals surface area contributed by atoms with Crippen LogP contribution in [0.5, 0.6) is 0 Å². The number of rotatable bonds is 4. The van der Waals surface area contributed by atoms with E-state index in [-0.39, 0.29) is 0 Å². The molecular formula is C36H26N4. The molecule has 40 heavy (non-hydrogen) atoms. The molecule has 0 atom stereocenters. The molecule has 0 fully saturated rings. The largest absolute Gasteiger partial charge is 0.251 e. The molecule has 7 aromatic rings. The van der Waals surface area contributed by atoms with Crippen molar-refractivity contribution in [1.29, 1.82) is 0 Å². The third kappa shape index (κ3) is 4.40. The maximum atomic E-state index is 5.13. The molecule has 3 heterocycles. The number of fused-ring (bicyclic) bond motifs is 3. The normalized spacial score (nSPS) is 11.2. The lowest BCUT2D eigenvalue weighted by molar-refractivity contribution is 1.17. The van der Waals surface area contributed by atoms with Crippen molar-refractivity contribution in [3.63, 3.8) is 0 Å². The highest BCUT2D eigenvalue weighted by Gasteiger charge is 2.14. The molecule has 3 aromatic heterocycles. The molecule has 0 N–H and O–H groups in total. The van der Waals surface area contributed by atoms with Crippen molar-refractivity contribution < 1.29 is 0 Å². The van der Waals surface area contributed by atoms with E-state index in [1.807, 2.05) is 55.5 Å². The van der Waals surface area contributed by atoms with Crippen molar-refractivity contribution >= 4 is 21.8 Å². The Balaban J connectivity index is 1.40. The van der Waals surface area contributed by atoms with E-state index in [2.05, 4.69) is 79.7 Å². The molecule has 4 heteroatoms. The lowest BCUT2D eigenvalue weighted by Crippen LogP contribution is -1.98. The Morgan fingerprint density at radius 1 is 0.425 bits per heavy atom. The van der Waals surface area contributed by atoms with Crippen LogP contribution in [0.1, 0.15) is 11.3 Å². The summed E-state index contributed by atoms with van der Waals surface area (Å²) in [6.45, 7) is 4.15. The average molecular weight is 515 g/mol. The van der Waals surface area contributed by atoms with Crippen LogP contribution in [0.2, 0.25) is 0 Å². The molecule has 0 aliphatic carbocycles. The van der Waals surface area contributed by atoms with Gasteiger partial charge in [0.25, 0.3) is 0 Å². The van der Waals surface area contributed by atoms with Gasteiger partial charge in [0.1, 0.15) is 0 Å². The first-order chi connectivity index (χ1) is 19.6. The van der Waals surface area contributed by atoms with Gasteiger partial charge in [-0.15, -0.1) is 0 Å². The number of hydrogen-bond donors (Lipinski definition) is 0. The summed E-state index contributed by atoms with van der Waals surface area (Å²) in [5.74, 6) is 0.671. The van der Waals surface area contributed by atoms with Crippen LogP contribution in [-0.2, 0) is 0 Å². The Kier molecular flexibility index (Phi) is 5.86. The third-order valence-corrected chi connectivity index (χ3v) is 7.28. The molecule has 0 radical (unpaired) electrons. The molecule has 0 spiro atoms. The second-order valence-corrected chi connectivity index (χ2v) is 10.1.